The van der Waals surface area contributed by atoms with E-state index in [1.807, 2.05) is 18.7 Å². The maximum absolute atomic E-state index is 12.3. The number of ether oxygens (including phenoxy) is 1. The molecular formula is C12H18N2O3. The highest BCUT2D eigenvalue weighted by Crippen LogP contribution is 2.17. The highest BCUT2D eigenvalue weighted by Gasteiger charge is 2.28. The minimum absolute atomic E-state index is 0.0175. The van der Waals surface area contributed by atoms with Crippen LogP contribution < -0.4 is 5.73 Å². The highest BCUT2D eigenvalue weighted by molar-refractivity contribution is 5.94. The van der Waals surface area contributed by atoms with Crippen LogP contribution in [-0.2, 0) is 11.3 Å². The zero-order valence-corrected chi connectivity index (χ0v) is 10.2. The van der Waals surface area contributed by atoms with Gasteiger partial charge in [-0.05, 0) is 19.9 Å². The van der Waals surface area contributed by atoms with Gasteiger partial charge in [-0.1, -0.05) is 0 Å². The van der Waals surface area contributed by atoms with Crippen molar-refractivity contribution in [3.05, 3.63) is 23.7 Å². The number of nitrogens with two attached hydrogens (primary N) is 1. The van der Waals surface area contributed by atoms with Gasteiger partial charge in [-0.15, -0.1) is 0 Å². The molecule has 0 aliphatic carbocycles. The molecule has 94 valence electrons. The molecule has 1 saturated heterocycles. The van der Waals surface area contributed by atoms with E-state index in [2.05, 4.69) is 0 Å². The fourth-order valence-corrected chi connectivity index (χ4v) is 1.95. The number of amides is 1. The lowest BCUT2D eigenvalue weighted by Gasteiger charge is -2.36. The Balaban J connectivity index is 2.12. The molecular weight excluding hydrogens is 220 g/mol. The molecule has 0 aromatic carbocycles. The van der Waals surface area contributed by atoms with Crippen molar-refractivity contribution >= 4 is 5.91 Å². The lowest BCUT2D eigenvalue weighted by molar-refractivity contribution is -0.0387. The molecule has 1 amide bonds. The van der Waals surface area contributed by atoms with Gasteiger partial charge in [0.15, 0.2) is 0 Å². The van der Waals surface area contributed by atoms with Gasteiger partial charge < -0.3 is 19.8 Å². The molecule has 17 heavy (non-hydrogen) atoms. The minimum Gasteiger partial charge on any atom is -0.467 e. The predicted octanol–water partition coefficient (Wildman–Crippen LogP) is 0.988. The summed E-state index contributed by atoms with van der Waals surface area (Å²) in [6.07, 6.45) is 1.55. The zero-order chi connectivity index (χ0) is 12.4. The van der Waals surface area contributed by atoms with Gasteiger partial charge in [-0.3, -0.25) is 4.79 Å². The highest BCUT2D eigenvalue weighted by atomic mass is 16.5. The second kappa shape index (κ2) is 4.89. The average molecular weight is 238 g/mol. The Morgan fingerprint density at radius 2 is 2.35 bits per heavy atom. The summed E-state index contributed by atoms with van der Waals surface area (Å²) in [5.41, 5.74) is 6.01. The molecule has 0 spiro atoms. The van der Waals surface area contributed by atoms with Gasteiger partial charge in [0, 0.05) is 6.54 Å². The Bertz CT molecular complexity index is 402. The lowest BCUT2D eigenvalue weighted by atomic mass is 10.1. The summed E-state index contributed by atoms with van der Waals surface area (Å²) in [5.74, 6) is 0.610. The van der Waals surface area contributed by atoms with Crippen LogP contribution in [0.3, 0.4) is 0 Å². The number of carbonyl (C=O) groups is 1. The second-order valence-electron chi connectivity index (χ2n) is 4.46. The molecule has 2 unspecified atom stereocenters. The molecule has 5 nitrogen and oxygen atoms in total. The summed E-state index contributed by atoms with van der Waals surface area (Å²) in [7, 11) is 0. The summed E-state index contributed by atoms with van der Waals surface area (Å²) >= 11 is 0. The van der Waals surface area contributed by atoms with Crippen LogP contribution in [0.4, 0.5) is 0 Å². The number of rotatable bonds is 2. The van der Waals surface area contributed by atoms with Crippen LogP contribution >= 0.6 is 0 Å². The van der Waals surface area contributed by atoms with Gasteiger partial charge in [-0.25, -0.2) is 0 Å². The van der Waals surface area contributed by atoms with Gasteiger partial charge >= 0.3 is 0 Å². The summed E-state index contributed by atoms with van der Waals surface area (Å²) in [5, 5.41) is 0. The largest absolute Gasteiger partial charge is 0.467 e. The second-order valence-corrected chi connectivity index (χ2v) is 4.46. The smallest absolute Gasteiger partial charge is 0.257 e. The molecule has 2 heterocycles. The summed E-state index contributed by atoms with van der Waals surface area (Å²) in [6, 6.07) is 1.80. The fourth-order valence-electron chi connectivity index (χ4n) is 1.95. The summed E-state index contributed by atoms with van der Waals surface area (Å²) in [4.78, 5) is 14.1. The van der Waals surface area contributed by atoms with E-state index in [4.69, 9.17) is 14.9 Å². The average Bonchev–Trinajstić information content (AvgIpc) is 2.80. The lowest BCUT2D eigenvalue weighted by Crippen LogP contribution is -2.50. The quantitative estimate of drug-likeness (QED) is 0.834. The van der Waals surface area contributed by atoms with Crippen molar-refractivity contribution in [3.63, 3.8) is 0 Å². The number of morpholine rings is 1. The fraction of sp³-hybridized carbons (Fsp3) is 0.583. The van der Waals surface area contributed by atoms with Gasteiger partial charge in [-0.2, -0.15) is 0 Å². The van der Waals surface area contributed by atoms with E-state index in [0.29, 0.717) is 31.0 Å². The molecule has 1 aliphatic rings. The molecule has 0 bridgehead atoms. The van der Waals surface area contributed by atoms with Crippen LogP contribution in [0.5, 0.6) is 0 Å². The monoisotopic (exact) mass is 238 g/mol. The first-order chi connectivity index (χ1) is 8.11. The first-order valence-electron chi connectivity index (χ1n) is 5.82. The summed E-state index contributed by atoms with van der Waals surface area (Å²) in [6.45, 7) is 5.44. The minimum atomic E-state index is -0.0175. The van der Waals surface area contributed by atoms with Crippen LogP contribution in [-0.4, -0.2) is 36.1 Å². The Morgan fingerprint density at radius 1 is 1.59 bits per heavy atom. The van der Waals surface area contributed by atoms with E-state index in [9.17, 15) is 4.79 Å². The molecule has 2 rings (SSSR count). The molecule has 1 fully saturated rings. The van der Waals surface area contributed by atoms with E-state index in [1.54, 1.807) is 6.07 Å². The first kappa shape index (κ1) is 12.1. The van der Waals surface area contributed by atoms with E-state index < -0.39 is 0 Å². The number of carbonyl (C=O) groups excluding carboxylic acids is 1. The van der Waals surface area contributed by atoms with Crippen molar-refractivity contribution in [2.75, 3.05) is 13.2 Å². The van der Waals surface area contributed by atoms with Crippen molar-refractivity contribution in [1.29, 1.82) is 0 Å². The Labute approximate surface area is 101 Å². The number of hydrogen-bond acceptors (Lipinski definition) is 4. The molecule has 1 aromatic rings. The molecule has 1 aliphatic heterocycles. The van der Waals surface area contributed by atoms with Crippen molar-refractivity contribution in [3.8, 4) is 0 Å². The van der Waals surface area contributed by atoms with E-state index in [1.165, 1.54) is 6.26 Å². The molecule has 2 N–H and O–H groups in total. The number of furan rings is 1. The number of hydrogen-bond donors (Lipinski definition) is 1. The molecule has 2 atom stereocenters. The maximum Gasteiger partial charge on any atom is 0.257 e. The zero-order valence-electron chi connectivity index (χ0n) is 10.2. The van der Waals surface area contributed by atoms with Crippen molar-refractivity contribution in [2.45, 2.75) is 32.5 Å². The van der Waals surface area contributed by atoms with Crippen LogP contribution in [0.1, 0.15) is 30.0 Å². The standard InChI is InChI=1S/C12H18N2O3/c1-8-6-16-9(2)5-14(8)12(15)10-3-11(4-13)17-7-10/h3,7-9H,4-6,13H2,1-2H3. The van der Waals surface area contributed by atoms with E-state index in [-0.39, 0.29) is 18.1 Å². The van der Waals surface area contributed by atoms with Crippen LogP contribution in [0.25, 0.3) is 0 Å². The molecule has 0 saturated carbocycles. The Morgan fingerprint density at radius 3 is 3.00 bits per heavy atom. The van der Waals surface area contributed by atoms with E-state index >= 15 is 0 Å². The van der Waals surface area contributed by atoms with Gasteiger partial charge in [0.1, 0.15) is 12.0 Å². The van der Waals surface area contributed by atoms with Gasteiger partial charge in [0.2, 0.25) is 0 Å². The third-order valence-electron chi connectivity index (χ3n) is 2.97. The predicted molar refractivity (Wildman–Crippen MR) is 62.5 cm³/mol. The van der Waals surface area contributed by atoms with Crippen LogP contribution in [0.15, 0.2) is 16.7 Å². The topological polar surface area (TPSA) is 68.7 Å². The van der Waals surface area contributed by atoms with Gasteiger partial charge in [0.25, 0.3) is 5.91 Å². The van der Waals surface area contributed by atoms with Gasteiger partial charge in [0.05, 0.1) is 30.9 Å². The normalized spacial score (nSPS) is 25.0. The summed E-state index contributed by atoms with van der Waals surface area (Å²) < 4.78 is 10.7. The number of nitrogens with zero attached hydrogens (tertiary/aromatic N) is 1. The molecule has 0 radical (unpaired) electrons. The maximum atomic E-state index is 12.3. The third-order valence-corrected chi connectivity index (χ3v) is 2.97. The first-order valence-corrected chi connectivity index (χ1v) is 5.82. The Hall–Kier alpha value is -1.33. The van der Waals surface area contributed by atoms with E-state index in [0.717, 1.165) is 0 Å². The third kappa shape index (κ3) is 2.50. The van der Waals surface area contributed by atoms with Crippen molar-refractivity contribution in [2.24, 2.45) is 5.73 Å². The Kier molecular flexibility index (Phi) is 3.49. The van der Waals surface area contributed by atoms with Crippen LogP contribution in [0.2, 0.25) is 0 Å². The van der Waals surface area contributed by atoms with Crippen LogP contribution in [0, 0.1) is 0 Å². The molecule has 1 aromatic heterocycles. The van der Waals surface area contributed by atoms with Crippen molar-refractivity contribution in [1.82, 2.24) is 4.90 Å². The SMILES string of the molecule is CC1CN(C(=O)c2coc(CN)c2)C(C)CO1. The van der Waals surface area contributed by atoms with Crippen molar-refractivity contribution < 1.29 is 13.9 Å². The molecule has 5 heteroatoms.